The molecule has 2 heteroatoms. The molecule has 0 unspecified atom stereocenters. The van der Waals surface area contributed by atoms with E-state index < -0.39 is 0 Å². The Bertz CT molecular complexity index is 387. The Morgan fingerprint density at radius 2 is 2.12 bits per heavy atom. The lowest BCUT2D eigenvalue weighted by Gasteiger charge is -2.05. The molecule has 0 saturated heterocycles. The predicted octanol–water partition coefficient (Wildman–Crippen LogP) is 3.30. The molecule has 0 radical (unpaired) electrons. The second-order valence-corrected chi connectivity index (χ2v) is 4.10. The van der Waals surface area contributed by atoms with Crippen LogP contribution in [0.15, 0.2) is 35.9 Å². The number of rotatable bonds is 5. The summed E-state index contributed by atoms with van der Waals surface area (Å²) in [5.74, 6) is 0.942. The number of carbonyl (C=O) groups is 1. The Kier molecular flexibility index (Phi) is 4.77. The van der Waals surface area contributed by atoms with Gasteiger partial charge in [-0.3, -0.25) is 4.79 Å². The van der Waals surface area contributed by atoms with Crippen LogP contribution in [-0.2, 0) is 4.79 Å². The highest BCUT2D eigenvalue weighted by atomic mass is 16.5. The van der Waals surface area contributed by atoms with Gasteiger partial charge in [-0.15, -0.1) is 0 Å². The van der Waals surface area contributed by atoms with Crippen molar-refractivity contribution in [3.05, 3.63) is 41.5 Å². The first-order chi connectivity index (χ1) is 7.58. The fraction of sp³-hybridized carbons (Fsp3) is 0.357. The van der Waals surface area contributed by atoms with Gasteiger partial charge in [-0.05, 0) is 44.5 Å². The molecule has 0 saturated carbocycles. The van der Waals surface area contributed by atoms with E-state index in [1.165, 1.54) is 0 Å². The van der Waals surface area contributed by atoms with Crippen LogP contribution in [0.5, 0.6) is 5.75 Å². The van der Waals surface area contributed by atoms with Gasteiger partial charge in [-0.2, -0.15) is 0 Å². The average molecular weight is 218 g/mol. The first kappa shape index (κ1) is 12.5. The van der Waals surface area contributed by atoms with E-state index in [4.69, 9.17) is 4.74 Å². The van der Waals surface area contributed by atoms with Gasteiger partial charge in [0.25, 0.3) is 0 Å². The van der Waals surface area contributed by atoms with Gasteiger partial charge in [0.15, 0.2) is 5.78 Å². The topological polar surface area (TPSA) is 26.3 Å². The number of benzene rings is 1. The molecule has 0 heterocycles. The van der Waals surface area contributed by atoms with Crippen molar-refractivity contribution < 1.29 is 9.53 Å². The van der Waals surface area contributed by atoms with Crippen LogP contribution in [0.3, 0.4) is 0 Å². The third kappa shape index (κ3) is 4.78. The largest absolute Gasteiger partial charge is 0.493 e. The van der Waals surface area contributed by atoms with E-state index >= 15 is 0 Å². The number of aryl methyl sites for hydroxylation is 1. The molecule has 0 bridgehead atoms. The van der Waals surface area contributed by atoms with E-state index in [1.807, 2.05) is 45.0 Å². The maximum Gasteiger partial charge on any atom is 0.159 e. The highest BCUT2D eigenvalue weighted by Gasteiger charge is 1.99. The van der Waals surface area contributed by atoms with Crippen molar-refractivity contribution in [2.24, 2.45) is 0 Å². The molecule has 2 nitrogen and oxygen atoms in total. The van der Waals surface area contributed by atoms with E-state index in [9.17, 15) is 4.79 Å². The van der Waals surface area contributed by atoms with Crippen molar-refractivity contribution in [2.45, 2.75) is 27.2 Å². The summed E-state index contributed by atoms with van der Waals surface area (Å²) in [6.07, 6.45) is 2.08. The van der Waals surface area contributed by atoms with Gasteiger partial charge in [0, 0.05) is 6.42 Å². The highest BCUT2D eigenvalue weighted by molar-refractivity contribution is 5.90. The standard InChI is InChI=1S/C14H18O2/c1-11(2)9-13(15)7-8-16-14-6-4-5-12(3)10-14/h4-6,9-10H,7-8H2,1-3H3. The second-order valence-electron chi connectivity index (χ2n) is 4.10. The van der Waals surface area contributed by atoms with Gasteiger partial charge in [0.2, 0.25) is 0 Å². The molecule has 1 aromatic carbocycles. The van der Waals surface area contributed by atoms with Crippen molar-refractivity contribution >= 4 is 5.78 Å². The lowest BCUT2D eigenvalue weighted by atomic mass is 10.2. The second kappa shape index (κ2) is 6.11. The summed E-state index contributed by atoms with van der Waals surface area (Å²) in [5, 5.41) is 0. The van der Waals surface area contributed by atoms with E-state index in [1.54, 1.807) is 6.08 Å². The summed E-state index contributed by atoms with van der Waals surface area (Å²) in [7, 11) is 0. The Morgan fingerprint density at radius 1 is 1.38 bits per heavy atom. The van der Waals surface area contributed by atoms with Crippen LogP contribution in [0.4, 0.5) is 0 Å². The Balaban J connectivity index is 2.36. The van der Waals surface area contributed by atoms with Crippen LogP contribution in [0.2, 0.25) is 0 Å². The van der Waals surface area contributed by atoms with E-state index in [0.717, 1.165) is 16.9 Å². The molecule has 0 fully saturated rings. The number of allylic oxidation sites excluding steroid dienone is 2. The van der Waals surface area contributed by atoms with Crippen LogP contribution in [0, 0.1) is 6.92 Å². The van der Waals surface area contributed by atoms with Crippen molar-refractivity contribution in [1.29, 1.82) is 0 Å². The average Bonchev–Trinajstić information content (AvgIpc) is 2.16. The molecule has 0 atom stereocenters. The van der Waals surface area contributed by atoms with E-state index in [0.29, 0.717) is 13.0 Å². The van der Waals surface area contributed by atoms with E-state index in [2.05, 4.69) is 0 Å². The van der Waals surface area contributed by atoms with Gasteiger partial charge in [0.1, 0.15) is 5.75 Å². The summed E-state index contributed by atoms with van der Waals surface area (Å²) in [4.78, 5) is 11.4. The van der Waals surface area contributed by atoms with Crippen molar-refractivity contribution in [3.8, 4) is 5.75 Å². The molecule has 1 aromatic rings. The van der Waals surface area contributed by atoms with Crippen LogP contribution in [0.1, 0.15) is 25.8 Å². The molecule has 0 amide bonds. The van der Waals surface area contributed by atoms with E-state index in [-0.39, 0.29) is 5.78 Å². The van der Waals surface area contributed by atoms with Crippen LogP contribution < -0.4 is 4.74 Å². The molecule has 0 aromatic heterocycles. The zero-order chi connectivity index (χ0) is 12.0. The SMILES string of the molecule is CC(C)=CC(=O)CCOc1cccc(C)c1. The molecule has 0 aliphatic heterocycles. The summed E-state index contributed by atoms with van der Waals surface area (Å²) in [5.41, 5.74) is 2.19. The first-order valence-electron chi connectivity index (χ1n) is 5.45. The molecular weight excluding hydrogens is 200 g/mol. The Morgan fingerprint density at radius 3 is 2.75 bits per heavy atom. The summed E-state index contributed by atoms with van der Waals surface area (Å²) in [6, 6.07) is 7.83. The maximum atomic E-state index is 11.4. The zero-order valence-electron chi connectivity index (χ0n) is 10.1. The quantitative estimate of drug-likeness (QED) is 0.709. The molecule has 1 rings (SSSR count). The van der Waals surface area contributed by atoms with Gasteiger partial charge < -0.3 is 4.74 Å². The minimum absolute atomic E-state index is 0.118. The number of ether oxygens (including phenoxy) is 1. The smallest absolute Gasteiger partial charge is 0.159 e. The summed E-state index contributed by atoms with van der Waals surface area (Å²) in [6.45, 7) is 6.28. The molecule has 0 N–H and O–H groups in total. The minimum Gasteiger partial charge on any atom is -0.493 e. The third-order valence-electron chi connectivity index (χ3n) is 2.06. The predicted molar refractivity (Wildman–Crippen MR) is 65.7 cm³/mol. The number of carbonyl (C=O) groups excluding carboxylic acids is 1. The maximum absolute atomic E-state index is 11.4. The van der Waals surface area contributed by atoms with Gasteiger partial charge in [-0.25, -0.2) is 0 Å². The summed E-state index contributed by atoms with van der Waals surface area (Å²) < 4.78 is 5.49. The van der Waals surface area contributed by atoms with Crippen LogP contribution >= 0.6 is 0 Å². The fourth-order valence-electron chi connectivity index (χ4n) is 1.37. The molecule has 0 aliphatic rings. The lowest BCUT2D eigenvalue weighted by molar-refractivity contribution is -0.115. The number of ketones is 1. The van der Waals surface area contributed by atoms with Gasteiger partial charge >= 0.3 is 0 Å². The van der Waals surface area contributed by atoms with Gasteiger partial charge in [-0.1, -0.05) is 17.7 Å². The minimum atomic E-state index is 0.118. The first-order valence-corrected chi connectivity index (χ1v) is 5.45. The van der Waals surface area contributed by atoms with Crippen LogP contribution in [0.25, 0.3) is 0 Å². The Hall–Kier alpha value is -1.57. The molecule has 0 aliphatic carbocycles. The third-order valence-corrected chi connectivity index (χ3v) is 2.06. The Labute approximate surface area is 96.9 Å². The van der Waals surface area contributed by atoms with Crippen LogP contribution in [-0.4, -0.2) is 12.4 Å². The highest BCUT2D eigenvalue weighted by Crippen LogP contribution is 2.12. The van der Waals surface area contributed by atoms with Crippen molar-refractivity contribution in [3.63, 3.8) is 0 Å². The van der Waals surface area contributed by atoms with Crippen molar-refractivity contribution in [1.82, 2.24) is 0 Å². The normalized spacial score (nSPS) is 9.69. The fourth-order valence-corrected chi connectivity index (χ4v) is 1.37. The molecular formula is C14H18O2. The van der Waals surface area contributed by atoms with Crippen molar-refractivity contribution in [2.75, 3.05) is 6.61 Å². The lowest BCUT2D eigenvalue weighted by Crippen LogP contribution is -2.04. The summed E-state index contributed by atoms with van der Waals surface area (Å²) >= 11 is 0. The molecule has 86 valence electrons. The zero-order valence-corrected chi connectivity index (χ0v) is 10.1. The number of hydrogen-bond acceptors (Lipinski definition) is 2. The molecule has 16 heavy (non-hydrogen) atoms. The molecule has 0 spiro atoms. The monoisotopic (exact) mass is 218 g/mol. The van der Waals surface area contributed by atoms with Gasteiger partial charge in [0.05, 0.1) is 6.61 Å². The number of hydrogen-bond donors (Lipinski definition) is 0.